The summed E-state index contributed by atoms with van der Waals surface area (Å²) >= 11 is 12.2. The van der Waals surface area contributed by atoms with Crippen molar-refractivity contribution in [3.63, 3.8) is 0 Å². The van der Waals surface area contributed by atoms with Crippen LogP contribution >= 0.6 is 23.2 Å². The highest BCUT2D eigenvalue weighted by Gasteiger charge is 2.24. The van der Waals surface area contributed by atoms with Crippen LogP contribution in [0.15, 0.2) is 70.3 Å². The number of nitrogens with one attached hydrogen (secondary N) is 1. The summed E-state index contributed by atoms with van der Waals surface area (Å²) < 4.78 is 2.52. The quantitative estimate of drug-likeness (QED) is 0.293. The van der Waals surface area contributed by atoms with Crippen molar-refractivity contribution in [2.24, 2.45) is 7.05 Å². The molecule has 216 valence electrons. The summed E-state index contributed by atoms with van der Waals surface area (Å²) in [5.74, 6) is -1.96. The summed E-state index contributed by atoms with van der Waals surface area (Å²) in [6, 6.07) is 15.1. The summed E-state index contributed by atoms with van der Waals surface area (Å²) in [4.78, 5) is 53.4. The third-order valence-electron chi connectivity index (χ3n) is 6.75. The molecule has 4 aromatic rings. The van der Waals surface area contributed by atoms with Crippen LogP contribution in [0.25, 0.3) is 16.6 Å². The molecule has 0 saturated carbocycles. The molecule has 1 amide bonds. The SMILES string of the molecule is C.CCN(C)Cc1ccc2c(c1)c(=O)n(-c1ccc(C[C@H](NC(=O)c3c(Cl)cccc3Cl)C(=O)O)cc1)c(=O)n2C. The van der Waals surface area contributed by atoms with E-state index in [-0.39, 0.29) is 29.5 Å². The first kappa shape index (κ1) is 31.6. The lowest BCUT2D eigenvalue weighted by Crippen LogP contribution is -2.42. The largest absolute Gasteiger partial charge is 0.480 e. The molecule has 1 atom stereocenters. The molecule has 0 spiro atoms. The Morgan fingerprint density at radius 3 is 2.20 bits per heavy atom. The van der Waals surface area contributed by atoms with Gasteiger partial charge in [-0.1, -0.05) is 61.8 Å². The molecule has 0 aliphatic heterocycles. The fourth-order valence-electron chi connectivity index (χ4n) is 4.42. The minimum absolute atomic E-state index is 0. The number of carboxylic acids is 1. The number of halogens is 2. The van der Waals surface area contributed by atoms with Gasteiger partial charge in [-0.05, 0) is 61.1 Å². The lowest BCUT2D eigenvalue weighted by atomic mass is 10.0. The average molecular weight is 600 g/mol. The van der Waals surface area contributed by atoms with Crippen molar-refractivity contribution >= 4 is 46.0 Å². The molecular weight excluding hydrogens is 567 g/mol. The molecule has 0 aliphatic carbocycles. The van der Waals surface area contributed by atoms with Gasteiger partial charge in [-0.15, -0.1) is 0 Å². The number of nitrogens with zero attached hydrogens (tertiary/aromatic N) is 3. The van der Waals surface area contributed by atoms with E-state index in [1.54, 1.807) is 49.5 Å². The number of carboxylic acid groups (broad SMARTS) is 1. The van der Waals surface area contributed by atoms with Crippen LogP contribution in [-0.4, -0.2) is 50.7 Å². The van der Waals surface area contributed by atoms with Gasteiger partial charge in [-0.2, -0.15) is 0 Å². The maximum absolute atomic E-state index is 13.5. The zero-order valence-electron chi connectivity index (χ0n) is 22.1. The number of rotatable bonds is 9. The van der Waals surface area contributed by atoms with Gasteiger partial charge in [0.2, 0.25) is 0 Å². The second kappa shape index (κ2) is 13.2. The van der Waals surface area contributed by atoms with Gasteiger partial charge in [0.1, 0.15) is 6.04 Å². The Hall–Kier alpha value is -3.92. The standard InChI is InChI=1S/C29H28Cl2N4O5.CH4/c1-4-33(2)16-18-10-13-24-20(14-18)27(37)35(29(40)34(24)3)19-11-8-17(9-12-19)15-23(28(38)39)32-26(36)25-21(30)6-5-7-22(25)31;/h5-14,23H,4,15-16H2,1-3H3,(H,32,36)(H,38,39);1H4/t23-;/m0./s1. The molecule has 2 N–H and O–H groups in total. The van der Waals surface area contributed by atoms with E-state index in [4.69, 9.17) is 23.2 Å². The van der Waals surface area contributed by atoms with Gasteiger partial charge in [0, 0.05) is 20.0 Å². The number of hydrogen-bond acceptors (Lipinski definition) is 5. The van der Waals surface area contributed by atoms with E-state index in [2.05, 4.69) is 10.2 Å². The topological polar surface area (TPSA) is 114 Å². The van der Waals surface area contributed by atoms with E-state index in [1.165, 1.54) is 16.7 Å². The van der Waals surface area contributed by atoms with Crippen molar-refractivity contribution < 1.29 is 14.7 Å². The summed E-state index contributed by atoms with van der Waals surface area (Å²) in [7, 11) is 3.59. The van der Waals surface area contributed by atoms with Crippen molar-refractivity contribution in [3.05, 3.63) is 108 Å². The number of aryl methyl sites for hydroxylation is 1. The van der Waals surface area contributed by atoms with Crippen molar-refractivity contribution in [2.75, 3.05) is 13.6 Å². The van der Waals surface area contributed by atoms with Gasteiger partial charge in [0.15, 0.2) is 0 Å². The van der Waals surface area contributed by atoms with E-state index < -0.39 is 29.2 Å². The number of benzene rings is 3. The number of carbonyl (C=O) groups excluding carboxylic acids is 1. The maximum atomic E-state index is 13.5. The van der Waals surface area contributed by atoms with Crippen LogP contribution in [0.1, 0.15) is 35.8 Å². The summed E-state index contributed by atoms with van der Waals surface area (Å²) in [6.45, 7) is 3.55. The van der Waals surface area contributed by atoms with Crippen LogP contribution in [0, 0.1) is 0 Å². The molecule has 1 aromatic heterocycles. The lowest BCUT2D eigenvalue weighted by molar-refractivity contribution is -0.139. The molecular formula is C30H32Cl2N4O5. The van der Waals surface area contributed by atoms with E-state index >= 15 is 0 Å². The summed E-state index contributed by atoms with van der Waals surface area (Å²) in [6.07, 6.45) is -0.0532. The number of fused-ring (bicyclic) bond motifs is 1. The third-order valence-corrected chi connectivity index (χ3v) is 7.38. The zero-order valence-corrected chi connectivity index (χ0v) is 23.7. The van der Waals surface area contributed by atoms with Gasteiger partial charge in [0.05, 0.1) is 32.2 Å². The van der Waals surface area contributed by atoms with Crippen molar-refractivity contribution in [2.45, 2.75) is 33.4 Å². The van der Waals surface area contributed by atoms with Gasteiger partial charge in [-0.25, -0.2) is 14.2 Å². The van der Waals surface area contributed by atoms with Gasteiger partial charge < -0.3 is 15.3 Å². The lowest BCUT2D eigenvalue weighted by Gasteiger charge is -2.17. The van der Waals surface area contributed by atoms with Crippen LogP contribution in [0.5, 0.6) is 0 Å². The summed E-state index contributed by atoms with van der Waals surface area (Å²) in [5, 5.41) is 12.8. The number of aromatic nitrogens is 2. The monoisotopic (exact) mass is 598 g/mol. The van der Waals surface area contributed by atoms with E-state index in [0.717, 1.165) is 16.7 Å². The number of aliphatic carboxylic acids is 1. The Morgan fingerprint density at radius 1 is 1.00 bits per heavy atom. The van der Waals surface area contributed by atoms with Crippen LogP contribution in [0.3, 0.4) is 0 Å². The smallest absolute Gasteiger partial charge is 0.335 e. The Bertz CT molecular complexity index is 1690. The Morgan fingerprint density at radius 2 is 1.61 bits per heavy atom. The van der Waals surface area contributed by atoms with E-state index in [1.807, 2.05) is 20.0 Å². The van der Waals surface area contributed by atoms with Crippen LogP contribution in [0.4, 0.5) is 0 Å². The van der Waals surface area contributed by atoms with Crippen LogP contribution in [-0.2, 0) is 24.8 Å². The zero-order chi connectivity index (χ0) is 29.1. The number of carbonyl (C=O) groups is 2. The molecule has 0 radical (unpaired) electrons. The van der Waals surface area contributed by atoms with E-state index in [9.17, 15) is 24.3 Å². The first-order valence-corrected chi connectivity index (χ1v) is 13.3. The Labute approximate surface area is 247 Å². The fraction of sp³-hybridized carbons (Fsp3) is 0.267. The van der Waals surface area contributed by atoms with Crippen molar-refractivity contribution in [1.29, 1.82) is 0 Å². The molecule has 41 heavy (non-hydrogen) atoms. The first-order chi connectivity index (χ1) is 19.0. The predicted octanol–water partition coefficient (Wildman–Crippen LogP) is 4.51. The molecule has 9 nitrogen and oxygen atoms in total. The van der Waals surface area contributed by atoms with Crippen molar-refractivity contribution in [1.82, 2.24) is 19.4 Å². The first-order valence-electron chi connectivity index (χ1n) is 12.5. The Kier molecular flexibility index (Phi) is 10.1. The minimum atomic E-state index is -1.28. The average Bonchev–Trinajstić information content (AvgIpc) is 2.92. The molecule has 0 aliphatic rings. The second-order valence-corrected chi connectivity index (χ2v) is 10.3. The number of hydrogen-bond donors (Lipinski definition) is 2. The highest BCUT2D eigenvalue weighted by Crippen LogP contribution is 2.24. The van der Waals surface area contributed by atoms with Gasteiger partial charge >= 0.3 is 11.7 Å². The molecule has 0 unspecified atom stereocenters. The van der Waals surface area contributed by atoms with Gasteiger partial charge in [-0.3, -0.25) is 14.2 Å². The van der Waals surface area contributed by atoms with Crippen LogP contribution in [0.2, 0.25) is 10.0 Å². The highest BCUT2D eigenvalue weighted by molar-refractivity contribution is 6.39. The van der Waals surface area contributed by atoms with Crippen molar-refractivity contribution in [3.8, 4) is 5.69 Å². The van der Waals surface area contributed by atoms with Crippen LogP contribution < -0.4 is 16.6 Å². The normalized spacial score (nSPS) is 11.8. The molecule has 3 aromatic carbocycles. The van der Waals surface area contributed by atoms with E-state index in [0.29, 0.717) is 28.7 Å². The molecule has 1 heterocycles. The predicted molar refractivity (Wildman–Crippen MR) is 163 cm³/mol. The molecule has 0 fully saturated rings. The molecule has 11 heteroatoms. The highest BCUT2D eigenvalue weighted by atomic mass is 35.5. The fourth-order valence-corrected chi connectivity index (χ4v) is 4.99. The summed E-state index contributed by atoms with van der Waals surface area (Å²) in [5.41, 5.74) is 1.43. The maximum Gasteiger partial charge on any atom is 0.335 e. The molecule has 4 rings (SSSR count). The molecule has 0 bridgehead atoms. The third kappa shape index (κ3) is 6.70. The number of amides is 1. The second-order valence-electron chi connectivity index (χ2n) is 9.50. The molecule has 0 saturated heterocycles. The van der Waals surface area contributed by atoms with Gasteiger partial charge in [0.25, 0.3) is 11.5 Å². The minimum Gasteiger partial charge on any atom is -0.480 e. The Balaban J connectivity index is 0.00000462.